The van der Waals surface area contributed by atoms with Crippen molar-refractivity contribution < 1.29 is 17.9 Å². The molecule has 0 aliphatic carbocycles. The molecule has 0 N–H and O–H groups in total. The average Bonchev–Trinajstić information content (AvgIpc) is 2.76. The SMILES string of the molecule is [CH2]C1Cc2cc(C(F)(F)F)cc(-c3cccc(C)c3)c2O1. The highest BCUT2D eigenvalue weighted by Crippen LogP contribution is 2.43. The Morgan fingerprint density at radius 1 is 1.19 bits per heavy atom. The molecular weight excluding hydrogens is 277 g/mol. The maximum Gasteiger partial charge on any atom is 0.416 e. The molecule has 2 aromatic carbocycles. The van der Waals surface area contributed by atoms with E-state index in [2.05, 4.69) is 6.92 Å². The second-order valence-electron chi connectivity index (χ2n) is 5.32. The Kier molecular flexibility index (Phi) is 3.19. The third-order valence-electron chi connectivity index (χ3n) is 3.55. The van der Waals surface area contributed by atoms with Crippen LogP contribution in [0.1, 0.15) is 16.7 Å². The van der Waals surface area contributed by atoms with Crippen LogP contribution in [0.5, 0.6) is 5.75 Å². The summed E-state index contributed by atoms with van der Waals surface area (Å²) in [5.74, 6) is 0.522. The Morgan fingerprint density at radius 3 is 2.62 bits per heavy atom. The Morgan fingerprint density at radius 2 is 1.95 bits per heavy atom. The van der Waals surface area contributed by atoms with Gasteiger partial charge in [-0.15, -0.1) is 0 Å². The molecule has 21 heavy (non-hydrogen) atoms. The third-order valence-corrected chi connectivity index (χ3v) is 3.55. The number of rotatable bonds is 1. The molecule has 0 spiro atoms. The molecule has 1 atom stereocenters. The first-order valence-corrected chi connectivity index (χ1v) is 6.65. The molecular formula is C17H14F3O. The molecule has 1 aliphatic heterocycles. The summed E-state index contributed by atoms with van der Waals surface area (Å²) >= 11 is 0. The van der Waals surface area contributed by atoms with Crippen molar-refractivity contribution in [3.05, 3.63) is 60.0 Å². The number of alkyl halides is 3. The summed E-state index contributed by atoms with van der Waals surface area (Å²) < 4.78 is 44.8. The maximum atomic E-state index is 13.1. The van der Waals surface area contributed by atoms with Crippen LogP contribution in [0.3, 0.4) is 0 Å². The van der Waals surface area contributed by atoms with Crippen LogP contribution in [0.25, 0.3) is 11.1 Å². The van der Waals surface area contributed by atoms with E-state index in [1.165, 1.54) is 6.07 Å². The number of hydrogen-bond acceptors (Lipinski definition) is 1. The maximum absolute atomic E-state index is 13.1. The molecule has 0 aromatic heterocycles. The van der Waals surface area contributed by atoms with Crippen molar-refractivity contribution in [1.29, 1.82) is 0 Å². The van der Waals surface area contributed by atoms with E-state index in [4.69, 9.17) is 4.74 Å². The lowest BCUT2D eigenvalue weighted by Crippen LogP contribution is -2.06. The number of benzene rings is 2. The van der Waals surface area contributed by atoms with Gasteiger partial charge in [0.2, 0.25) is 0 Å². The van der Waals surface area contributed by atoms with Gasteiger partial charge in [0, 0.05) is 12.0 Å². The molecule has 1 radical (unpaired) electrons. The van der Waals surface area contributed by atoms with Crippen molar-refractivity contribution in [3.63, 3.8) is 0 Å². The van der Waals surface area contributed by atoms with Gasteiger partial charge in [0.25, 0.3) is 0 Å². The van der Waals surface area contributed by atoms with Gasteiger partial charge in [-0.25, -0.2) is 0 Å². The average molecular weight is 291 g/mol. The van der Waals surface area contributed by atoms with E-state index >= 15 is 0 Å². The normalized spacial score (nSPS) is 17.5. The van der Waals surface area contributed by atoms with Gasteiger partial charge in [-0.1, -0.05) is 29.8 Å². The van der Waals surface area contributed by atoms with Crippen LogP contribution in [-0.4, -0.2) is 6.10 Å². The molecule has 1 nitrogen and oxygen atoms in total. The van der Waals surface area contributed by atoms with Crippen LogP contribution in [0.4, 0.5) is 13.2 Å². The van der Waals surface area contributed by atoms with E-state index in [0.717, 1.165) is 17.2 Å². The molecule has 0 saturated heterocycles. The quantitative estimate of drug-likeness (QED) is 0.732. The number of halogens is 3. The van der Waals surface area contributed by atoms with E-state index in [1.54, 1.807) is 6.07 Å². The van der Waals surface area contributed by atoms with E-state index < -0.39 is 11.7 Å². The molecule has 0 bridgehead atoms. The smallest absolute Gasteiger partial charge is 0.416 e. The van der Waals surface area contributed by atoms with Crippen molar-refractivity contribution >= 4 is 0 Å². The van der Waals surface area contributed by atoms with Gasteiger partial charge in [0.1, 0.15) is 11.9 Å². The molecule has 0 fully saturated rings. The highest BCUT2D eigenvalue weighted by molar-refractivity contribution is 5.74. The third kappa shape index (κ3) is 2.62. The van der Waals surface area contributed by atoms with Crippen molar-refractivity contribution in [2.24, 2.45) is 0 Å². The summed E-state index contributed by atoms with van der Waals surface area (Å²) in [4.78, 5) is 0. The lowest BCUT2D eigenvalue weighted by molar-refractivity contribution is -0.137. The topological polar surface area (TPSA) is 9.23 Å². The van der Waals surface area contributed by atoms with Crippen LogP contribution in [0.2, 0.25) is 0 Å². The van der Waals surface area contributed by atoms with E-state index in [9.17, 15) is 13.2 Å². The summed E-state index contributed by atoms with van der Waals surface area (Å²) in [6.07, 6.45) is -4.31. The van der Waals surface area contributed by atoms with Gasteiger partial charge in [0.05, 0.1) is 5.56 Å². The predicted molar refractivity (Wildman–Crippen MR) is 75.1 cm³/mol. The fourth-order valence-corrected chi connectivity index (χ4v) is 2.62. The molecule has 4 heteroatoms. The van der Waals surface area contributed by atoms with Crippen molar-refractivity contribution in [3.8, 4) is 16.9 Å². The largest absolute Gasteiger partial charge is 0.489 e. The molecule has 1 unspecified atom stereocenters. The van der Waals surface area contributed by atoms with Crippen LogP contribution in [-0.2, 0) is 12.6 Å². The van der Waals surface area contributed by atoms with Crippen LogP contribution in [0, 0.1) is 13.8 Å². The van der Waals surface area contributed by atoms with E-state index in [-0.39, 0.29) is 6.10 Å². The van der Waals surface area contributed by atoms with Crippen LogP contribution >= 0.6 is 0 Å². The second-order valence-corrected chi connectivity index (χ2v) is 5.32. The highest BCUT2D eigenvalue weighted by atomic mass is 19.4. The zero-order valence-corrected chi connectivity index (χ0v) is 11.5. The highest BCUT2D eigenvalue weighted by Gasteiger charge is 2.34. The molecule has 1 heterocycles. The molecule has 1 aliphatic rings. The lowest BCUT2D eigenvalue weighted by Gasteiger charge is -2.14. The fourth-order valence-electron chi connectivity index (χ4n) is 2.62. The van der Waals surface area contributed by atoms with Gasteiger partial charge in [-0.2, -0.15) is 13.2 Å². The van der Waals surface area contributed by atoms with Crippen LogP contribution < -0.4 is 4.74 Å². The zero-order chi connectivity index (χ0) is 15.2. The van der Waals surface area contributed by atoms with Gasteiger partial charge in [-0.3, -0.25) is 0 Å². The molecule has 2 aromatic rings. The summed E-state index contributed by atoms with van der Waals surface area (Å²) in [5, 5.41) is 0. The molecule has 3 rings (SSSR count). The van der Waals surface area contributed by atoms with Gasteiger partial charge in [-0.05, 0) is 37.1 Å². The van der Waals surface area contributed by atoms with E-state index in [1.807, 2.05) is 25.1 Å². The fraction of sp³-hybridized carbons (Fsp3) is 0.235. The summed E-state index contributed by atoms with van der Waals surface area (Å²) in [6.45, 7) is 5.70. The Hall–Kier alpha value is -1.97. The number of aryl methyl sites for hydroxylation is 1. The Balaban J connectivity index is 2.22. The summed E-state index contributed by atoms with van der Waals surface area (Å²) in [7, 11) is 0. The number of hydrogen-bond donors (Lipinski definition) is 0. The Bertz CT molecular complexity index is 689. The minimum absolute atomic E-state index is 0.341. The minimum atomic E-state index is -4.37. The standard InChI is InChI=1S/C17H14F3O/c1-10-4-3-5-12(6-10)15-9-14(17(18,19)20)8-13-7-11(2)21-16(13)15/h3-6,8-9,11H,2,7H2,1H3. The predicted octanol–water partition coefficient (Wildman–Crippen LogP) is 4.82. The van der Waals surface area contributed by atoms with Crippen molar-refractivity contribution in [2.45, 2.75) is 25.6 Å². The van der Waals surface area contributed by atoms with Gasteiger partial charge in [0.15, 0.2) is 0 Å². The van der Waals surface area contributed by atoms with Gasteiger partial charge < -0.3 is 4.74 Å². The first-order chi connectivity index (χ1) is 9.84. The molecule has 0 saturated carbocycles. The molecule has 0 amide bonds. The number of fused-ring (bicyclic) bond motifs is 1. The first kappa shape index (κ1) is 14.0. The summed E-state index contributed by atoms with van der Waals surface area (Å²) in [5.41, 5.74) is 2.13. The van der Waals surface area contributed by atoms with Crippen molar-refractivity contribution in [1.82, 2.24) is 0 Å². The monoisotopic (exact) mass is 291 g/mol. The van der Waals surface area contributed by atoms with Crippen LogP contribution in [0.15, 0.2) is 36.4 Å². The first-order valence-electron chi connectivity index (χ1n) is 6.65. The summed E-state index contributed by atoms with van der Waals surface area (Å²) in [6, 6.07) is 9.71. The minimum Gasteiger partial charge on any atom is -0.489 e. The second kappa shape index (κ2) is 4.79. The zero-order valence-electron chi connectivity index (χ0n) is 11.5. The van der Waals surface area contributed by atoms with E-state index in [0.29, 0.717) is 23.3 Å². The van der Waals surface area contributed by atoms with Crippen molar-refractivity contribution in [2.75, 3.05) is 0 Å². The lowest BCUT2D eigenvalue weighted by atomic mass is 9.96. The van der Waals surface area contributed by atoms with Gasteiger partial charge >= 0.3 is 6.18 Å². The number of ether oxygens (including phenoxy) is 1. The Labute approximate surface area is 121 Å². The molecule has 109 valence electrons.